The molecule has 0 bridgehead atoms. The van der Waals surface area contributed by atoms with Crippen molar-refractivity contribution in [1.29, 1.82) is 0 Å². The molecular weight excluding hydrogens is 278 g/mol. The summed E-state index contributed by atoms with van der Waals surface area (Å²) in [7, 11) is 0. The van der Waals surface area contributed by atoms with E-state index in [2.05, 4.69) is 5.32 Å². The zero-order valence-corrected chi connectivity index (χ0v) is 13.4. The van der Waals surface area contributed by atoms with Crippen molar-refractivity contribution in [3.63, 3.8) is 0 Å². The molecule has 1 amide bonds. The number of hydrogen-bond acceptors (Lipinski definition) is 2. The average molecular weight is 303 g/mol. The summed E-state index contributed by atoms with van der Waals surface area (Å²) in [6.07, 6.45) is 5.39. The van der Waals surface area contributed by atoms with Gasteiger partial charge >= 0.3 is 5.97 Å². The first-order chi connectivity index (χ1) is 10.5. The van der Waals surface area contributed by atoms with E-state index >= 15 is 0 Å². The van der Waals surface area contributed by atoms with Gasteiger partial charge in [-0.05, 0) is 43.4 Å². The van der Waals surface area contributed by atoms with Crippen LogP contribution in [-0.2, 0) is 16.0 Å². The SMILES string of the molecule is Cc1cccc(C)c1C[C@@H](NC(=O)C1CCCCC1)C(=O)O. The van der Waals surface area contributed by atoms with Gasteiger partial charge in [0.05, 0.1) is 0 Å². The quantitative estimate of drug-likeness (QED) is 0.878. The van der Waals surface area contributed by atoms with Crippen LogP contribution in [0.3, 0.4) is 0 Å². The van der Waals surface area contributed by atoms with Gasteiger partial charge in [-0.2, -0.15) is 0 Å². The number of carboxylic acids is 1. The summed E-state index contributed by atoms with van der Waals surface area (Å²) in [6, 6.07) is 5.06. The van der Waals surface area contributed by atoms with Gasteiger partial charge in [-0.3, -0.25) is 4.79 Å². The highest BCUT2D eigenvalue weighted by atomic mass is 16.4. The summed E-state index contributed by atoms with van der Waals surface area (Å²) < 4.78 is 0. The van der Waals surface area contributed by atoms with Gasteiger partial charge in [0.25, 0.3) is 0 Å². The van der Waals surface area contributed by atoms with Crippen LogP contribution in [0.4, 0.5) is 0 Å². The predicted molar refractivity (Wildman–Crippen MR) is 85.8 cm³/mol. The van der Waals surface area contributed by atoms with Crippen LogP contribution >= 0.6 is 0 Å². The first kappa shape index (κ1) is 16.5. The summed E-state index contributed by atoms with van der Waals surface area (Å²) in [5.41, 5.74) is 3.15. The third kappa shape index (κ3) is 4.09. The molecule has 1 aliphatic rings. The van der Waals surface area contributed by atoms with Gasteiger partial charge in [0, 0.05) is 12.3 Å². The van der Waals surface area contributed by atoms with Gasteiger partial charge in [-0.25, -0.2) is 4.79 Å². The second kappa shape index (κ2) is 7.43. The second-order valence-corrected chi connectivity index (χ2v) is 6.31. The van der Waals surface area contributed by atoms with Gasteiger partial charge in [0.2, 0.25) is 5.91 Å². The summed E-state index contributed by atoms with van der Waals surface area (Å²) in [5, 5.41) is 12.2. The molecule has 120 valence electrons. The van der Waals surface area contributed by atoms with E-state index < -0.39 is 12.0 Å². The zero-order valence-electron chi connectivity index (χ0n) is 13.4. The molecule has 22 heavy (non-hydrogen) atoms. The fourth-order valence-corrected chi connectivity index (χ4v) is 3.23. The summed E-state index contributed by atoms with van der Waals surface area (Å²) in [5.74, 6) is -1.08. The van der Waals surface area contributed by atoms with E-state index in [1.165, 1.54) is 6.42 Å². The molecule has 0 radical (unpaired) electrons. The van der Waals surface area contributed by atoms with Crippen molar-refractivity contribution >= 4 is 11.9 Å². The number of rotatable bonds is 5. The number of amides is 1. The minimum Gasteiger partial charge on any atom is -0.480 e. The molecule has 1 saturated carbocycles. The highest BCUT2D eigenvalue weighted by Gasteiger charge is 2.27. The Balaban J connectivity index is 2.07. The Morgan fingerprint density at radius 2 is 1.77 bits per heavy atom. The highest BCUT2D eigenvalue weighted by molar-refractivity contribution is 5.85. The molecule has 0 spiro atoms. The van der Waals surface area contributed by atoms with Crippen molar-refractivity contribution in [2.45, 2.75) is 58.4 Å². The Kier molecular flexibility index (Phi) is 5.58. The Morgan fingerprint density at radius 3 is 2.32 bits per heavy atom. The molecular formula is C18H25NO3. The Bertz CT molecular complexity index is 527. The molecule has 0 heterocycles. The first-order valence-corrected chi connectivity index (χ1v) is 8.07. The van der Waals surface area contributed by atoms with Crippen molar-refractivity contribution < 1.29 is 14.7 Å². The summed E-state index contributed by atoms with van der Waals surface area (Å²) in [4.78, 5) is 23.8. The summed E-state index contributed by atoms with van der Waals surface area (Å²) >= 11 is 0. The molecule has 1 aliphatic carbocycles. The van der Waals surface area contributed by atoms with E-state index in [9.17, 15) is 14.7 Å². The number of carbonyl (C=O) groups is 2. The standard InChI is InChI=1S/C18H25NO3/c1-12-7-6-8-13(2)15(12)11-16(18(21)22)19-17(20)14-9-4-3-5-10-14/h6-8,14,16H,3-5,9-11H2,1-2H3,(H,19,20)(H,21,22)/t16-/m1/s1. The molecule has 4 nitrogen and oxygen atoms in total. The lowest BCUT2D eigenvalue weighted by Crippen LogP contribution is -2.45. The van der Waals surface area contributed by atoms with Crippen LogP contribution in [0.25, 0.3) is 0 Å². The molecule has 0 saturated heterocycles. The van der Waals surface area contributed by atoms with Crippen LogP contribution in [0.5, 0.6) is 0 Å². The largest absolute Gasteiger partial charge is 0.480 e. The van der Waals surface area contributed by atoms with Crippen LogP contribution in [-0.4, -0.2) is 23.0 Å². The van der Waals surface area contributed by atoms with Crippen LogP contribution in [0.15, 0.2) is 18.2 Å². The van der Waals surface area contributed by atoms with Crippen molar-refractivity contribution in [2.24, 2.45) is 5.92 Å². The van der Waals surface area contributed by atoms with E-state index in [1.807, 2.05) is 32.0 Å². The van der Waals surface area contributed by atoms with E-state index in [4.69, 9.17) is 0 Å². The minimum atomic E-state index is -0.966. The van der Waals surface area contributed by atoms with Crippen LogP contribution in [0.2, 0.25) is 0 Å². The number of carbonyl (C=O) groups excluding carboxylic acids is 1. The maximum atomic E-state index is 12.3. The number of nitrogens with one attached hydrogen (secondary N) is 1. The van der Waals surface area contributed by atoms with E-state index in [1.54, 1.807) is 0 Å². The molecule has 1 aromatic carbocycles. The molecule has 4 heteroatoms. The number of carboxylic acid groups (broad SMARTS) is 1. The molecule has 2 N–H and O–H groups in total. The van der Waals surface area contributed by atoms with Crippen LogP contribution in [0, 0.1) is 19.8 Å². The molecule has 1 fully saturated rings. The van der Waals surface area contributed by atoms with Crippen molar-refractivity contribution in [1.82, 2.24) is 5.32 Å². The average Bonchev–Trinajstić information content (AvgIpc) is 2.50. The first-order valence-electron chi connectivity index (χ1n) is 8.07. The molecule has 1 aromatic rings. The number of aliphatic carboxylic acids is 1. The smallest absolute Gasteiger partial charge is 0.326 e. The van der Waals surface area contributed by atoms with E-state index in [-0.39, 0.29) is 11.8 Å². The lowest BCUT2D eigenvalue weighted by Gasteiger charge is -2.24. The molecule has 0 unspecified atom stereocenters. The lowest BCUT2D eigenvalue weighted by atomic mass is 9.88. The van der Waals surface area contributed by atoms with Crippen molar-refractivity contribution in [3.8, 4) is 0 Å². The number of aryl methyl sites for hydroxylation is 2. The maximum absolute atomic E-state index is 12.3. The van der Waals surface area contributed by atoms with E-state index in [0.29, 0.717) is 6.42 Å². The van der Waals surface area contributed by atoms with Gasteiger partial charge < -0.3 is 10.4 Å². The van der Waals surface area contributed by atoms with Gasteiger partial charge in [-0.15, -0.1) is 0 Å². The maximum Gasteiger partial charge on any atom is 0.326 e. The minimum absolute atomic E-state index is 0.0198. The monoisotopic (exact) mass is 303 g/mol. The number of hydrogen-bond donors (Lipinski definition) is 2. The summed E-state index contributed by atoms with van der Waals surface area (Å²) in [6.45, 7) is 3.95. The fraction of sp³-hybridized carbons (Fsp3) is 0.556. The van der Waals surface area contributed by atoms with Crippen molar-refractivity contribution in [3.05, 3.63) is 34.9 Å². The Labute approximate surface area is 131 Å². The molecule has 0 aromatic heterocycles. The third-order valence-electron chi connectivity index (χ3n) is 4.64. The normalized spacial score (nSPS) is 17.0. The Hall–Kier alpha value is -1.84. The molecule has 1 atom stereocenters. The third-order valence-corrected chi connectivity index (χ3v) is 4.64. The fourth-order valence-electron chi connectivity index (χ4n) is 3.23. The van der Waals surface area contributed by atoms with E-state index in [0.717, 1.165) is 42.4 Å². The van der Waals surface area contributed by atoms with Crippen LogP contribution < -0.4 is 5.32 Å². The highest BCUT2D eigenvalue weighted by Crippen LogP contribution is 2.24. The van der Waals surface area contributed by atoms with Crippen molar-refractivity contribution in [2.75, 3.05) is 0 Å². The zero-order chi connectivity index (χ0) is 16.1. The Morgan fingerprint density at radius 1 is 1.18 bits per heavy atom. The van der Waals surface area contributed by atoms with Gasteiger partial charge in [0.1, 0.15) is 6.04 Å². The van der Waals surface area contributed by atoms with Gasteiger partial charge in [-0.1, -0.05) is 37.5 Å². The second-order valence-electron chi connectivity index (χ2n) is 6.31. The van der Waals surface area contributed by atoms with Gasteiger partial charge in [0.15, 0.2) is 0 Å². The predicted octanol–water partition coefficient (Wildman–Crippen LogP) is 3.00. The van der Waals surface area contributed by atoms with Crippen LogP contribution in [0.1, 0.15) is 48.8 Å². The molecule has 2 rings (SSSR count). The molecule has 0 aliphatic heterocycles. The lowest BCUT2D eigenvalue weighted by molar-refractivity contribution is -0.142. The topological polar surface area (TPSA) is 66.4 Å². The number of benzene rings is 1.